The minimum absolute atomic E-state index is 0.108. The van der Waals surface area contributed by atoms with E-state index >= 15 is 0 Å². The molecule has 1 aliphatic carbocycles. The lowest BCUT2D eigenvalue weighted by molar-refractivity contribution is 0.0195. The maximum atomic E-state index is 14.4. The van der Waals surface area contributed by atoms with Crippen LogP contribution in [0.3, 0.4) is 0 Å². The summed E-state index contributed by atoms with van der Waals surface area (Å²) >= 11 is 0. The van der Waals surface area contributed by atoms with Crippen molar-refractivity contribution in [3.63, 3.8) is 0 Å². The van der Waals surface area contributed by atoms with Crippen LogP contribution in [0.1, 0.15) is 25.5 Å². The number of halogens is 1. The van der Waals surface area contributed by atoms with Crippen LogP contribution < -0.4 is 4.90 Å². The summed E-state index contributed by atoms with van der Waals surface area (Å²) in [5.74, 6) is 1.01. The van der Waals surface area contributed by atoms with Crippen molar-refractivity contribution in [2.24, 2.45) is 5.92 Å². The van der Waals surface area contributed by atoms with Crippen molar-refractivity contribution in [3.05, 3.63) is 17.8 Å². The zero-order valence-corrected chi connectivity index (χ0v) is 13.5. The SMILES string of the molecule is CCc1ncnc(N2CCO[C@H](CN(C)CC3CC3)C2)c1F. The summed E-state index contributed by atoms with van der Waals surface area (Å²) in [7, 11) is 2.14. The topological polar surface area (TPSA) is 41.5 Å². The molecule has 0 unspecified atom stereocenters. The predicted octanol–water partition coefficient (Wildman–Crippen LogP) is 1.73. The first kappa shape index (κ1) is 15.6. The van der Waals surface area contributed by atoms with E-state index in [-0.39, 0.29) is 11.9 Å². The van der Waals surface area contributed by atoms with E-state index in [4.69, 9.17) is 4.74 Å². The van der Waals surface area contributed by atoms with Gasteiger partial charge in [-0.3, -0.25) is 0 Å². The Bertz CT molecular complexity index is 509. The Labute approximate surface area is 131 Å². The van der Waals surface area contributed by atoms with E-state index in [0.717, 1.165) is 19.0 Å². The molecule has 3 rings (SSSR count). The highest BCUT2D eigenvalue weighted by atomic mass is 19.1. The van der Waals surface area contributed by atoms with E-state index in [2.05, 4.69) is 21.9 Å². The number of morpholine rings is 1. The highest BCUT2D eigenvalue weighted by Crippen LogP contribution is 2.29. The van der Waals surface area contributed by atoms with Gasteiger partial charge in [-0.05, 0) is 32.2 Å². The van der Waals surface area contributed by atoms with Crippen molar-refractivity contribution in [2.45, 2.75) is 32.3 Å². The number of likely N-dealkylation sites (N-methyl/N-ethyl adjacent to an activating group) is 1. The van der Waals surface area contributed by atoms with Gasteiger partial charge < -0.3 is 14.5 Å². The molecule has 1 saturated heterocycles. The maximum Gasteiger partial charge on any atom is 0.187 e. The third-order valence-corrected chi connectivity index (χ3v) is 4.40. The van der Waals surface area contributed by atoms with Gasteiger partial charge in [-0.2, -0.15) is 0 Å². The standard InChI is InChI=1S/C16H25FN4O/c1-3-14-15(17)16(19-11-18-14)21-6-7-22-13(10-21)9-20(2)8-12-4-5-12/h11-13H,3-10H2,1-2H3/t13-/m1/s1. The maximum absolute atomic E-state index is 14.4. The van der Waals surface area contributed by atoms with Gasteiger partial charge in [0.1, 0.15) is 6.33 Å². The second kappa shape index (κ2) is 6.87. The molecule has 2 heterocycles. The molecule has 1 aromatic rings. The average molecular weight is 308 g/mol. The Morgan fingerprint density at radius 3 is 2.91 bits per heavy atom. The van der Waals surface area contributed by atoms with E-state index in [1.807, 2.05) is 11.8 Å². The lowest BCUT2D eigenvalue weighted by Gasteiger charge is -2.35. The number of anilines is 1. The van der Waals surface area contributed by atoms with Crippen LogP contribution in [-0.4, -0.2) is 60.8 Å². The molecule has 0 N–H and O–H groups in total. The minimum atomic E-state index is -0.281. The first-order chi connectivity index (χ1) is 10.7. The molecule has 1 saturated carbocycles. The molecule has 5 nitrogen and oxygen atoms in total. The van der Waals surface area contributed by atoms with E-state index in [1.54, 1.807) is 0 Å². The van der Waals surface area contributed by atoms with Gasteiger partial charge in [0.25, 0.3) is 0 Å². The Morgan fingerprint density at radius 2 is 2.18 bits per heavy atom. The Morgan fingerprint density at radius 1 is 1.36 bits per heavy atom. The van der Waals surface area contributed by atoms with Crippen molar-refractivity contribution in [1.82, 2.24) is 14.9 Å². The van der Waals surface area contributed by atoms with Gasteiger partial charge in [0, 0.05) is 26.2 Å². The first-order valence-electron chi connectivity index (χ1n) is 8.21. The van der Waals surface area contributed by atoms with Gasteiger partial charge in [0.15, 0.2) is 11.6 Å². The number of rotatable bonds is 6. The number of hydrogen-bond donors (Lipinski definition) is 0. The molecular weight excluding hydrogens is 283 g/mol. The molecule has 0 radical (unpaired) electrons. The van der Waals surface area contributed by atoms with Gasteiger partial charge in [-0.15, -0.1) is 0 Å². The predicted molar refractivity (Wildman–Crippen MR) is 83.5 cm³/mol. The fourth-order valence-electron chi connectivity index (χ4n) is 3.05. The number of nitrogens with zero attached hydrogens (tertiary/aromatic N) is 4. The second-order valence-electron chi connectivity index (χ2n) is 6.41. The highest BCUT2D eigenvalue weighted by molar-refractivity contribution is 5.41. The monoisotopic (exact) mass is 308 g/mol. The smallest absolute Gasteiger partial charge is 0.187 e. The average Bonchev–Trinajstić information content (AvgIpc) is 3.31. The van der Waals surface area contributed by atoms with Gasteiger partial charge in [0.05, 0.1) is 18.4 Å². The number of aromatic nitrogens is 2. The molecule has 1 atom stereocenters. The van der Waals surface area contributed by atoms with Crippen LogP contribution in [0.4, 0.5) is 10.2 Å². The van der Waals surface area contributed by atoms with Crippen molar-refractivity contribution in [2.75, 3.05) is 44.7 Å². The van der Waals surface area contributed by atoms with Crippen LogP contribution in [0.25, 0.3) is 0 Å². The zero-order chi connectivity index (χ0) is 15.5. The minimum Gasteiger partial charge on any atom is -0.373 e. The van der Waals surface area contributed by atoms with E-state index in [0.29, 0.717) is 37.6 Å². The first-order valence-corrected chi connectivity index (χ1v) is 8.21. The zero-order valence-electron chi connectivity index (χ0n) is 13.5. The summed E-state index contributed by atoms with van der Waals surface area (Å²) in [6, 6.07) is 0. The van der Waals surface area contributed by atoms with Crippen molar-refractivity contribution < 1.29 is 9.13 Å². The third kappa shape index (κ3) is 3.73. The normalized spacial score (nSPS) is 22.4. The fraction of sp³-hybridized carbons (Fsp3) is 0.750. The van der Waals surface area contributed by atoms with Gasteiger partial charge >= 0.3 is 0 Å². The van der Waals surface area contributed by atoms with Gasteiger partial charge in [-0.1, -0.05) is 6.92 Å². The molecule has 122 valence electrons. The summed E-state index contributed by atoms with van der Waals surface area (Å²) in [5, 5.41) is 0. The van der Waals surface area contributed by atoms with Crippen LogP contribution in [0, 0.1) is 11.7 Å². The molecular formula is C16H25FN4O. The summed E-state index contributed by atoms with van der Waals surface area (Å²) in [5.41, 5.74) is 0.485. The van der Waals surface area contributed by atoms with Crippen LogP contribution >= 0.6 is 0 Å². The molecule has 0 aromatic carbocycles. The Kier molecular flexibility index (Phi) is 4.88. The quantitative estimate of drug-likeness (QED) is 0.800. The highest BCUT2D eigenvalue weighted by Gasteiger charge is 2.28. The summed E-state index contributed by atoms with van der Waals surface area (Å²) in [6.45, 7) is 5.92. The van der Waals surface area contributed by atoms with E-state index < -0.39 is 0 Å². The largest absolute Gasteiger partial charge is 0.373 e. The summed E-state index contributed by atoms with van der Waals surface area (Å²) < 4.78 is 20.3. The lowest BCUT2D eigenvalue weighted by Crippen LogP contribution is -2.48. The Hall–Kier alpha value is -1.27. The molecule has 0 spiro atoms. The van der Waals surface area contributed by atoms with Crippen molar-refractivity contribution in [3.8, 4) is 0 Å². The van der Waals surface area contributed by atoms with Gasteiger partial charge in [0.2, 0.25) is 0 Å². The van der Waals surface area contributed by atoms with Crippen molar-refractivity contribution >= 4 is 5.82 Å². The molecule has 0 bridgehead atoms. The molecule has 1 aliphatic heterocycles. The van der Waals surface area contributed by atoms with Gasteiger partial charge in [-0.25, -0.2) is 14.4 Å². The fourth-order valence-corrected chi connectivity index (χ4v) is 3.05. The second-order valence-corrected chi connectivity index (χ2v) is 6.41. The van der Waals surface area contributed by atoms with Crippen LogP contribution in [0.15, 0.2) is 6.33 Å². The van der Waals surface area contributed by atoms with Crippen LogP contribution in [0.5, 0.6) is 0 Å². The summed E-state index contributed by atoms with van der Waals surface area (Å²) in [6.07, 6.45) is 4.86. The molecule has 2 fully saturated rings. The van der Waals surface area contributed by atoms with Crippen LogP contribution in [0.2, 0.25) is 0 Å². The molecule has 1 aromatic heterocycles. The Balaban J connectivity index is 1.62. The lowest BCUT2D eigenvalue weighted by atomic mass is 10.2. The van der Waals surface area contributed by atoms with Crippen molar-refractivity contribution in [1.29, 1.82) is 0 Å². The molecule has 2 aliphatic rings. The van der Waals surface area contributed by atoms with Crippen LogP contribution in [-0.2, 0) is 11.2 Å². The summed E-state index contributed by atoms with van der Waals surface area (Å²) in [4.78, 5) is 12.5. The molecule has 0 amide bonds. The number of ether oxygens (including phenoxy) is 1. The van der Waals surface area contributed by atoms with E-state index in [1.165, 1.54) is 19.2 Å². The molecule has 22 heavy (non-hydrogen) atoms. The third-order valence-electron chi connectivity index (χ3n) is 4.40. The molecule has 6 heteroatoms. The van der Waals surface area contributed by atoms with E-state index in [9.17, 15) is 4.39 Å². The number of hydrogen-bond acceptors (Lipinski definition) is 5. The number of aryl methyl sites for hydroxylation is 1.